The van der Waals surface area contributed by atoms with Gasteiger partial charge in [-0.05, 0) is 42.9 Å². The van der Waals surface area contributed by atoms with E-state index in [2.05, 4.69) is 10.4 Å². The van der Waals surface area contributed by atoms with Crippen molar-refractivity contribution in [3.05, 3.63) is 51.2 Å². The number of aryl methyl sites for hydroxylation is 2. The van der Waals surface area contributed by atoms with Gasteiger partial charge in [0.2, 0.25) is 5.91 Å². The third-order valence-corrected chi connectivity index (χ3v) is 3.33. The highest BCUT2D eigenvalue weighted by molar-refractivity contribution is 5.91. The van der Waals surface area contributed by atoms with E-state index < -0.39 is 4.92 Å². The van der Waals surface area contributed by atoms with Crippen LogP contribution in [0.1, 0.15) is 16.8 Å². The lowest BCUT2D eigenvalue weighted by Crippen LogP contribution is -2.20. The Morgan fingerprint density at radius 1 is 1.38 bits per heavy atom. The molecule has 0 unspecified atom stereocenters. The molecule has 0 fully saturated rings. The third kappa shape index (κ3) is 3.25. The molecule has 2 aromatic rings. The zero-order valence-electron chi connectivity index (χ0n) is 12.1. The van der Waals surface area contributed by atoms with Crippen molar-refractivity contribution in [3.8, 4) is 0 Å². The second-order valence-corrected chi connectivity index (χ2v) is 4.85. The van der Waals surface area contributed by atoms with Gasteiger partial charge in [-0.2, -0.15) is 4.68 Å². The van der Waals surface area contributed by atoms with Crippen LogP contribution in [-0.4, -0.2) is 20.6 Å². The average molecular weight is 288 g/mol. The molecule has 0 spiro atoms. The number of nitrogens with one attached hydrogen (secondary N) is 1. The number of aromatic nitrogens is 2. The molecule has 1 aromatic heterocycles. The fourth-order valence-corrected chi connectivity index (χ4v) is 1.95. The largest absolute Gasteiger partial charge is 0.390 e. The normalized spacial score (nSPS) is 10.4. The summed E-state index contributed by atoms with van der Waals surface area (Å²) in [5, 5.41) is 17.2. The lowest BCUT2D eigenvalue weighted by Gasteiger charge is -2.09. The number of anilines is 1. The lowest BCUT2D eigenvalue weighted by atomic mass is 10.1. The quantitative estimate of drug-likeness (QED) is 0.690. The minimum absolute atomic E-state index is 0.0624. The first-order valence-electron chi connectivity index (χ1n) is 6.43. The number of benzene rings is 1. The van der Waals surface area contributed by atoms with Gasteiger partial charge in [0.15, 0.2) is 0 Å². The van der Waals surface area contributed by atoms with Crippen molar-refractivity contribution in [1.82, 2.24) is 9.78 Å². The van der Waals surface area contributed by atoms with Crippen LogP contribution in [0.2, 0.25) is 0 Å². The van der Waals surface area contributed by atoms with Gasteiger partial charge in [-0.15, -0.1) is 0 Å². The number of nitrogens with zero attached hydrogens (tertiary/aromatic N) is 3. The zero-order valence-corrected chi connectivity index (χ0v) is 12.1. The van der Waals surface area contributed by atoms with Gasteiger partial charge in [0.25, 0.3) is 0 Å². The molecule has 1 amide bonds. The van der Waals surface area contributed by atoms with Crippen LogP contribution in [0, 0.1) is 30.9 Å². The molecule has 7 heteroatoms. The molecule has 0 radical (unpaired) electrons. The molecular weight excluding hydrogens is 272 g/mol. The van der Waals surface area contributed by atoms with E-state index in [0.29, 0.717) is 5.69 Å². The Morgan fingerprint density at radius 3 is 2.71 bits per heavy atom. The van der Waals surface area contributed by atoms with E-state index in [1.807, 2.05) is 32.0 Å². The molecule has 0 saturated heterocycles. The molecular formula is C14H16N4O3. The van der Waals surface area contributed by atoms with Gasteiger partial charge in [0, 0.05) is 5.69 Å². The number of rotatable bonds is 4. The molecule has 7 nitrogen and oxygen atoms in total. The molecule has 21 heavy (non-hydrogen) atoms. The molecule has 1 aromatic carbocycles. The van der Waals surface area contributed by atoms with Gasteiger partial charge in [0.1, 0.15) is 6.54 Å². The monoisotopic (exact) mass is 288 g/mol. The van der Waals surface area contributed by atoms with Crippen LogP contribution in [0.3, 0.4) is 0 Å². The van der Waals surface area contributed by atoms with Crippen LogP contribution >= 0.6 is 0 Å². The standard InChI is InChI=1S/C14H16N4O3/c1-9-5-4-6-12(11(9)3)15-14(19)8-17-10(2)7-13(16-17)18(20)21/h4-7H,8H2,1-3H3,(H,15,19). The second kappa shape index (κ2) is 5.74. The Kier molecular flexibility index (Phi) is 4.02. The van der Waals surface area contributed by atoms with Crippen molar-refractivity contribution in [3.63, 3.8) is 0 Å². The van der Waals surface area contributed by atoms with Crippen molar-refractivity contribution in [2.45, 2.75) is 27.3 Å². The molecule has 0 saturated carbocycles. The first-order chi connectivity index (χ1) is 9.88. The SMILES string of the molecule is Cc1cccc(NC(=O)Cn2nc([N+](=O)[O-])cc2C)c1C. The maximum atomic E-state index is 12.0. The summed E-state index contributed by atoms with van der Waals surface area (Å²) in [7, 11) is 0. The van der Waals surface area contributed by atoms with Crippen LogP contribution in [0.25, 0.3) is 0 Å². The third-order valence-electron chi connectivity index (χ3n) is 3.33. The van der Waals surface area contributed by atoms with Crippen LogP contribution in [0.5, 0.6) is 0 Å². The van der Waals surface area contributed by atoms with E-state index in [1.54, 1.807) is 6.92 Å². The molecule has 0 aliphatic rings. The van der Waals surface area contributed by atoms with E-state index in [1.165, 1.54) is 10.7 Å². The predicted molar refractivity (Wildman–Crippen MR) is 78.2 cm³/mol. The smallest absolute Gasteiger partial charge is 0.358 e. The average Bonchev–Trinajstić information content (AvgIpc) is 2.77. The van der Waals surface area contributed by atoms with E-state index in [-0.39, 0.29) is 18.3 Å². The van der Waals surface area contributed by atoms with Crippen molar-refractivity contribution in [1.29, 1.82) is 0 Å². The minimum Gasteiger partial charge on any atom is -0.358 e. The van der Waals surface area contributed by atoms with E-state index in [0.717, 1.165) is 16.8 Å². The molecule has 0 aliphatic carbocycles. The van der Waals surface area contributed by atoms with Gasteiger partial charge >= 0.3 is 5.82 Å². The highest BCUT2D eigenvalue weighted by Crippen LogP contribution is 2.18. The summed E-state index contributed by atoms with van der Waals surface area (Å²) in [6.45, 7) is 5.50. The van der Waals surface area contributed by atoms with Crippen molar-refractivity contribution >= 4 is 17.4 Å². The topological polar surface area (TPSA) is 90.1 Å². The Morgan fingerprint density at radius 2 is 2.10 bits per heavy atom. The van der Waals surface area contributed by atoms with E-state index >= 15 is 0 Å². The number of hydrogen-bond donors (Lipinski definition) is 1. The number of hydrogen-bond acceptors (Lipinski definition) is 4. The van der Waals surface area contributed by atoms with Crippen molar-refractivity contribution in [2.75, 3.05) is 5.32 Å². The predicted octanol–water partition coefficient (Wildman–Crippen LogP) is 2.36. The summed E-state index contributed by atoms with van der Waals surface area (Å²) in [4.78, 5) is 22.1. The number of nitro groups is 1. The molecule has 0 bridgehead atoms. The zero-order chi connectivity index (χ0) is 15.6. The second-order valence-electron chi connectivity index (χ2n) is 4.85. The summed E-state index contributed by atoms with van der Waals surface area (Å²) in [6.07, 6.45) is 0. The maximum Gasteiger partial charge on any atom is 0.390 e. The Hall–Kier alpha value is -2.70. The van der Waals surface area contributed by atoms with Gasteiger partial charge < -0.3 is 15.4 Å². The van der Waals surface area contributed by atoms with Gasteiger partial charge in [-0.25, -0.2) is 0 Å². The summed E-state index contributed by atoms with van der Waals surface area (Å²) in [5.74, 6) is -0.531. The van der Waals surface area contributed by atoms with E-state index in [4.69, 9.17) is 0 Å². The van der Waals surface area contributed by atoms with E-state index in [9.17, 15) is 14.9 Å². The van der Waals surface area contributed by atoms with Crippen LogP contribution < -0.4 is 5.32 Å². The van der Waals surface area contributed by atoms with Crippen LogP contribution in [0.4, 0.5) is 11.5 Å². The van der Waals surface area contributed by atoms with Gasteiger partial charge in [-0.1, -0.05) is 12.1 Å². The lowest BCUT2D eigenvalue weighted by molar-refractivity contribution is -0.389. The molecule has 110 valence electrons. The fraction of sp³-hybridized carbons (Fsp3) is 0.286. The molecule has 0 atom stereocenters. The number of amides is 1. The Bertz CT molecular complexity index is 706. The van der Waals surface area contributed by atoms with Crippen LogP contribution in [-0.2, 0) is 11.3 Å². The first-order valence-corrected chi connectivity index (χ1v) is 6.43. The highest BCUT2D eigenvalue weighted by Gasteiger charge is 2.17. The van der Waals surface area contributed by atoms with Crippen molar-refractivity contribution < 1.29 is 9.72 Å². The van der Waals surface area contributed by atoms with Crippen molar-refractivity contribution in [2.24, 2.45) is 0 Å². The fourth-order valence-electron chi connectivity index (χ4n) is 1.95. The molecule has 1 N–H and O–H groups in total. The molecule has 2 rings (SSSR count). The summed E-state index contributed by atoms with van der Waals surface area (Å²) < 4.78 is 1.32. The first kappa shape index (κ1) is 14.7. The summed E-state index contributed by atoms with van der Waals surface area (Å²) in [6, 6.07) is 6.98. The number of carbonyl (C=O) groups excluding carboxylic acids is 1. The Labute approximate surface area is 121 Å². The molecule has 1 heterocycles. The molecule has 0 aliphatic heterocycles. The minimum atomic E-state index is -0.577. The maximum absolute atomic E-state index is 12.0. The highest BCUT2D eigenvalue weighted by atomic mass is 16.6. The van der Waals surface area contributed by atoms with Gasteiger partial charge in [-0.3, -0.25) is 4.79 Å². The summed E-state index contributed by atoms with van der Waals surface area (Å²) in [5.41, 5.74) is 3.38. The summed E-state index contributed by atoms with van der Waals surface area (Å²) >= 11 is 0. The number of carbonyl (C=O) groups is 1. The van der Waals surface area contributed by atoms with Gasteiger partial charge in [0.05, 0.1) is 16.9 Å². The Balaban J connectivity index is 2.12. The van der Waals surface area contributed by atoms with Crippen LogP contribution in [0.15, 0.2) is 24.3 Å².